The Labute approximate surface area is 204 Å². The second-order valence-corrected chi connectivity index (χ2v) is 8.55. The molecule has 0 saturated carbocycles. The van der Waals surface area contributed by atoms with Crippen molar-refractivity contribution in [1.82, 2.24) is 0 Å². The number of aryl methyl sites for hydroxylation is 1. The molecule has 1 atom stereocenters. The lowest BCUT2D eigenvalue weighted by atomic mass is 9.73. The number of hydrogen-bond acceptors (Lipinski definition) is 2. The van der Waals surface area contributed by atoms with Gasteiger partial charge in [0.15, 0.2) is 11.4 Å². The Bertz CT molecular complexity index is 1460. The van der Waals surface area contributed by atoms with Gasteiger partial charge in [-0.15, -0.1) is 0 Å². The number of hydrogen-bond donors (Lipinski definition) is 0. The van der Waals surface area contributed by atoms with Crippen LogP contribution in [0.5, 0.6) is 0 Å². The third-order valence-electron chi connectivity index (χ3n) is 6.15. The average Bonchev–Trinajstić information content (AvgIpc) is 2.87. The molecule has 4 aromatic rings. The standard InChI is InChI=1S/C32H23FO2/c1-23-11-10-18-28(33)31(23)29(34)21-30(25-14-6-3-7-15-25)35-32(20-19-24-12-4-2-5-13-24)22-26-16-8-9-17-27(26)32/h2-18,21H,22H2,1H3. The van der Waals surface area contributed by atoms with E-state index in [1.807, 2.05) is 78.9 Å². The van der Waals surface area contributed by atoms with E-state index in [0.29, 0.717) is 17.7 Å². The van der Waals surface area contributed by atoms with Crippen LogP contribution in [0.15, 0.2) is 109 Å². The SMILES string of the molecule is Cc1cccc(F)c1C(=O)C=C(OC1(C#Cc2ccccc2)Cc2ccccc21)c1ccccc1. The zero-order valence-corrected chi connectivity index (χ0v) is 19.3. The minimum absolute atomic E-state index is 0.0444. The molecule has 0 bridgehead atoms. The first-order valence-electron chi connectivity index (χ1n) is 11.5. The zero-order valence-electron chi connectivity index (χ0n) is 19.3. The van der Waals surface area contributed by atoms with E-state index in [9.17, 15) is 9.18 Å². The van der Waals surface area contributed by atoms with Crippen molar-refractivity contribution >= 4 is 11.5 Å². The number of allylic oxidation sites excluding steroid dienone is 1. The van der Waals surface area contributed by atoms with Crippen molar-refractivity contribution in [3.8, 4) is 11.8 Å². The number of carbonyl (C=O) groups is 1. The summed E-state index contributed by atoms with van der Waals surface area (Å²) in [7, 11) is 0. The van der Waals surface area contributed by atoms with Crippen molar-refractivity contribution in [3.05, 3.63) is 148 Å². The Kier molecular flexibility index (Phi) is 6.04. The highest BCUT2D eigenvalue weighted by atomic mass is 19.1. The number of ketones is 1. The lowest BCUT2D eigenvalue weighted by molar-refractivity contribution is 0.0715. The van der Waals surface area contributed by atoms with Crippen LogP contribution < -0.4 is 0 Å². The van der Waals surface area contributed by atoms with E-state index in [-0.39, 0.29) is 5.56 Å². The number of ether oxygens (including phenoxy) is 1. The zero-order chi connectivity index (χ0) is 24.3. The van der Waals surface area contributed by atoms with Crippen molar-refractivity contribution in [1.29, 1.82) is 0 Å². The highest BCUT2D eigenvalue weighted by Crippen LogP contribution is 2.44. The Hall–Kier alpha value is -4.42. The van der Waals surface area contributed by atoms with E-state index in [0.717, 1.165) is 22.3 Å². The minimum Gasteiger partial charge on any atom is -0.469 e. The maximum Gasteiger partial charge on any atom is 0.199 e. The van der Waals surface area contributed by atoms with Crippen molar-refractivity contribution < 1.29 is 13.9 Å². The van der Waals surface area contributed by atoms with Crippen LogP contribution in [0.1, 0.15) is 38.2 Å². The summed E-state index contributed by atoms with van der Waals surface area (Å²) in [6.07, 6.45) is 1.97. The molecule has 0 fully saturated rings. The molecule has 3 heteroatoms. The van der Waals surface area contributed by atoms with E-state index >= 15 is 0 Å². The summed E-state index contributed by atoms with van der Waals surface area (Å²) >= 11 is 0. The third-order valence-corrected chi connectivity index (χ3v) is 6.15. The summed E-state index contributed by atoms with van der Waals surface area (Å²) in [6.45, 7) is 1.72. The lowest BCUT2D eigenvalue weighted by Gasteiger charge is -2.40. The van der Waals surface area contributed by atoms with Gasteiger partial charge in [-0.3, -0.25) is 4.79 Å². The van der Waals surface area contributed by atoms with Gasteiger partial charge in [-0.25, -0.2) is 4.39 Å². The van der Waals surface area contributed by atoms with E-state index in [2.05, 4.69) is 17.9 Å². The van der Waals surface area contributed by atoms with E-state index in [4.69, 9.17) is 4.74 Å². The largest absolute Gasteiger partial charge is 0.469 e. The van der Waals surface area contributed by atoms with Crippen LogP contribution in [0, 0.1) is 24.6 Å². The molecule has 1 aliphatic carbocycles. The molecule has 170 valence electrons. The number of carbonyl (C=O) groups excluding carboxylic acids is 1. The number of benzene rings is 4. The molecule has 5 rings (SSSR count). The molecule has 0 aliphatic heterocycles. The van der Waals surface area contributed by atoms with E-state index in [1.165, 1.54) is 12.1 Å². The van der Waals surface area contributed by atoms with Crippen molar-refractivity contribution in [2.24, 2.45) is 0 Å². The topological polar surface area (TPSA) is 26.3 Å². The van der Waals surface area contributed by atoms with Gasteiger partial charge in [-0.05, 0) is 42.2 Å². The van der Waals surface area contributed by atoms with Gasteiger partial charge >= 0.3 is 0 Å². The van der Waals surface area contributed by atoms with Crippen LogP contribution in [0.4, 0.5) is 4.39 Å². The van der Waals surface area contributed by atoms with Crippen LogP contribution in [0.3, 0.4) is 0 Å². The van der Waals surface area contributed by atoms with Gasteiger partial charge in [0, 0.05) is 29.2 Å². The van der Waals surface area contributed by atoms with Crippen LogP contribution in [-0.4, -0.2) is 5.78 Å². The fraction of sp³-hybridized carbons (Fsp3) is 0.0938. The molecule has 0 aromatic heterocycles. The minimum atomic E-state index is -0.918. The summed E-state index contributed by atoms with van der Waals surface area (Å²) in [5.74, 6) is 5.94. The predicted octanol–water partition coefficient (Wildman–Crippen LogP) is 6.88. The van der Waals surface area contributed by atoms with Crippen molar-refractivity contribution in [2.45, 2.75) is 18.9 Å². The summed E-state index contributed by atoms with van der Waals surface area (Å²) in [6, 6.07) is 31.7. The van der Waals surface area contributed by atoms with Crippen LogP contribution in [0.25, 0.3) is 5.76 Å². The Balaban J connectivity index is 1.60. The normalized spacial score (nSPS) is 16.3. The van der Waals surface area contributed by atoms with Gasteiger partial charge in [0.25, 0.3) is 0 Å². The van der Waals surface area contributed by atoms with Gasteiger partial charge in [-0.2, -0.15) is 0 Å². The number of halogens is 1. The number of rotatable bonds is 5. The monoisotopic (exact) mass is 458 g/mol. The molecule has 0 saturated heterocycles. The Morgan fingerprint density at radius 3 is 2.29 bits per heavy atom. The average molecular weight is 459 g/mol. The molecule has 1 aliphatic rings. The Morgan fingerprint density at radius 1 is 0.886 bits per heavy atom. The molecule has 0 amide bonds. The third kappa shape index (κ3) is 4.52. The molecular weight excluding hydrogens is 435 g/mol. The molecule has 0 spiro atoms. The van der Waals surface area contributed by atoms with Gasteiger partial charge in [-0.1, -0.05) is 90.8 Å². The van der Waals surface area contributed by atoms with Crippen molar-refractivity contribution in [2.75, 3.05) is 0 Å². The predicted molar refractivity (Wildman–Crippen MR) is 136 cm³/mol. The fourth-order valence-electron chi connectivity index (χ4n) is 4.34. The summed E-state index contributed by atoms with van der Waals surface area (Å²) < 4.78 is 21.2. The van der Waals surface area contributed by atoms with Gasteiger partial charge < -0.3 is 4.74 Å². The van der Waals surface area contributed by atoms with Gasteiger partial charge in [0.05, 0.1) is 5.56 Å². The highest BCUT2D eigenvalue weighted by molar-refractivity contribution is 6.09. The smallest absolute Gasteiger partial charge is 0.199 e. The maximum atomic E-state index is 14.6. The summed E-state index contributed by atoms with van der Waals surface area (Å²) in [5.41, 5.74) is 3.43. The Morgan fingerprint density at radius 2 is 1.57 bits per heavy atom. The van der Waals surface area contributed by atoms with Gasteiger partial charge in [0.2, 0.25) is 0 Å². The second kappa shape index (κ2) is 9.44. The van der Waals surface area contributed by atoms with E-state index in [1.54, 1.807) is 19.1 Å². The molecule has 2 nitrogen and oxygen atoms in total. The first-order valence-corrected chi connectivity index (χ1v) is 11.5. The van der Waals surface area contributed by atoms with Crippen molar-refractivity contribution in [3.63, 3.8) is 0 Å². The quantitative estimate of drug-likeness (QED) is 0.141. The van der Waals surface area contributed by atoms with Crippen LogP contribution in [0.2, 0.25) is 0 Å². The van der Waals surface area contributed by atoms with Crippen LogP contribution in [-0.2, 0) is 16.8 Å². The summed E-state index contributed by atoms with van der Waals surface area (Å²) in [5, 5.41) is 0. The lowest BCUT2D eigenvalue weighted by Crippen LogP contribution is -2.40. The molecule has 35 heavy (non-hydrogen) atoms. The molecule has 4 aromatic carbocycles. The highest BCUT2D eigenvalue weighted by Gasteiger charge is 2.44. The van der Waals surface area contributed by atoms with E-state index < -0.39 is 17.2 Å². The van der Waals surface area contributed by atoms with Crippen LogP contribution >= 0.6 is 0 Å². The molecule has 0 heterocycles. The first kappa shape index (κ1) is 22.4. The van der Waals surface area contributed by atoms with Gasteiger partial charge in [0.1, 0.15) is 11.6 Å². The fourth-order valence-corrected chi connectivity index (χ4v) is 4.34. The summed E-state index contributed by atoms with van der Waals surface area (Å²) in [4.78, 5) is 13.3. The number of fused-ring (bicyclic) bond motifs is 1. The molecule has 1 unspecified atom stereocenters. The first-order chi connectivity index (χ1) is 17.1. The molecular formula is C32H23FO2. The maximum absolute atomic E-state index is 14.6. The molecule has 0 radical (unpaired) electrons. The molecule has 0 N–H and O–H groups in total. The second-order valence-electron chi connectivity index (χ2n) is 8.55.